The van der Waals surface area contributed by atoms with Crippen molar-refractivity contribution in [3.05, 3.63) is 18.3 Å². The number of hydrogen-bond acceptors (Lipinski definition) is 5. The predicted octanol–water partition coefficient (Wildman–Crippen LogP) is 1.73. The van der Waals surface area contributed by atoms with Gasteiger partial charge in [0.05, 0.1) is 23.7 Å². The Labute approximate surface area is 143 Å². The molecule has 7 nitrogen and oxygen atoms in total. The van der Waals surface area contributed by atoms with Gasteiger partial charge >= 0.3 is 0 Å². The van der Waals surface area contributed by atoms with Crippen molar-refractivity contribution in [3.63, 3.8) is 0 Å². The summed E-state index contributed by atoms with van der Waals surface area (Å²) in [4.78, 5) is 18.7. The molecule has 0 spiro atoms. The lowest BCUT2D eigenvalue weighted by Gasteiger charge is -2.17. The molecule has 1 amide bonds. The first-order valence-corrected chi connectivity index (χ1v) is 10.1. The lowest BCUT2D eigenvalue weighted by atomic mass is 10.3. The van der Waals surface area contributed by atoms with E-state index in [9.17, 15) is 13.2 Å². The summed E-state index contributed by atoms with van der Waals surface area (Å²) < 4.78 is 26.1. The van der Waals surface area contributed by atoms with Crippen LogP contribution in [0, 0.1) is 0 Å². The van der Waals surface area contributed by atoms with E-state index in [1.807, 2.05) is 13.0 Å². The second-order valence-electron chi connectivity index (χ2n) is 6.10. The number of pyridine rings is 1. The fraction of sp³-hybridized carbons (Fsp3) is 0.625. The van der Waals surface area contributed by atoms with Gasteiger partial charge in [0.1, 0.15) is 5.82 Å². The third-order valence-corrected chi connectivity index (χ3v) is 5.50. The van der Waals surface area contributed by atoms with Crippen molar-refractivity contribution in [1.29, 1.82) is 0 Å². The number of unbranched alkanes of at least 4 members (excludes halogenated alkanes) is 1. The van der Waals surface area contributed by atoms with Gasteiger partial charge in [0.2, 0.25) is 15.9 Å². The summed E-state index contributed by atoms with van der Waals surface area (Å²) in [6, 6.07) is 2.83. The Bertz CT molecular complexity index is 640. The van der Waals surface area contributed by atoms with Crippen molar-refractivity contribution in [2.24, 2.45) is 0 Å². The molecular weight excluding hydrogens is 328 g/mol. The number of carbonyl (C=O) groups excluding carboxylic acids is 1. The topological polar surface area (TPSA) is 91.4 Å². The Morgan fingerprint density at radius 2 is 2.04 bits per heavy atom. The zero-order valence-electron chi connectivity index (χ0n) is 14.3. The second-order valence-corrected chi connectivity index (χ2v) is 7.97. The summed E-state index contributed by atoms with van der Waals surface area (Å²) >= 11 is 0. The summed E-state index contributed by atoms with van der Waals surface area (Å²) in [5.74, 6) is 0.539. The summed E-state index contributed by atoms with van der Waals surface area (Å²) in [5.41, 5.74) is 0.558. The summed E-state index contributed by atoms with van der Waals surface area (Å²) in [7, 11) is -3.43. The van der Waals surface area contributed by atoms with Crippen LogP contribution in [0.3, 0.4) is 0 Å². The number of nitrogens with zero attached hydrogens (tertiary/aromatic N) is 2. The standard InChI is InChI=1S/C16H26N4O3S/c1-3-4-11-24(22,23)19-13(2)16(21)18-14-7-8-15(17-12-14)20-9-5-6-10-20/h7-8,12-13,19H,3-6,9-11H2,1-2H3,(H,18,21). The van der Waals surface area contributed by atoms with Crippen LogP contribution in [0.25, 0.3) is 0 Å². The van der Waals surface area contributed by atoms with Gasteiger partial charge in [0, 0.05) is 13.1 Å². The van der Waals surface area contributed by atoms with Crippen LogP contribution < -0.4 is 14.9 Å². The largest absolute Gasteiger partial charge is 0.357 e. The molecule has 1 unspecified atom stereocenters. The minimum atomic E-state index is -3.43. The van der Waals surface area contributed by atoms with Gasteiger partial charge in [-0.15, -0.1) is 0 Å². The number of anilines is 2. The van der Waals surface area contributed by atoms with Crippen molar-refractivity contribution in [2.45, 2.75) is 45.6 Å². The van der Waals surface area contributed by atoms with Crippen LogP contribution in [0.1, 0.15) is 39.5 Å². The molecule has 0 aliphatic carbocycles. The lowest BCUT2D eigenvalue weighted by Crippen LogP contribution is -2.42. The van der Waals surface area contributed by atoms with E-state index in [0.29, 0.717) is 12.1 Å². The Kier molecular flexibility index (Phi) is 6.56. The molecule has 1 aromatic heterocycles. The van der Waals surface area contributed by atoms with Crippen molar-refractivity contribution < 1.29 is 13.2 Å². The van der Waals surface area contributed by atoms with Crippen molar-refractivity contribution >= 4 is 27.4 Å². The number of nitrogens with one attached hydrogen (secondary N) is 2. The Hall–Kier alpha value is -1.67. The molecule has 24 heavy (non-hydrogen) atoms. The third-order valence-electron chi connectivity index (χ3n) is 3.96. The first-order valence-electron chi connectivity index (χ1n) is 8.43. The molecule has 1 aliphatic rings. The number of rotatable bonds is 8. The number of hydrogen-bond donors (Lipinski definition) is 2. The Morgan fingerprint density at radius 3 is 2.62 bits per heavy atom. The molecule has 134 valence electrons. The van der Waals surface area contributed by atoms with Gasteiger partial charge in [-0.1, -0.05) is 13.3 Å². The maximum atomic E-state index is 12.1. The lowest BCUT2D eigenvalue weighted by molar-refractivity contribution is -0.117. The molecule has 1 atom stereocenters. The fourth-order valence-electron chi connectivity index (χ4n) is 2.56. The van der Waals surface area contributed by atoms with Gasteiger partial charge in [-0.3, -0.25) is 4.79 Å². The molecule has 0 aromatic carbocycles. The molecule has 8 heteroatoms. The first-order chi connectivity index (χ1) is 11.4. The minimum absolute atomic E-state index is 0.0349. The normalized spacial score (nSPS) is 16.2. The van der Waals surface area contributed by atoms with Gasteiger partial charge in [0.25, 0.3) is 0 Å². The van der Waals surface area contributed by atoms with Gasteiger partial charge in [-0.05, 0) is 38.3 Å². The minimum Gasteiger partial charge on any atom is -0.357 e. The number of carbonyl (C=O) groups is 1. The molecule has 2 heterocycles. The highest BCUT2D eigenvalue weighted by Crippen LogP contribution is 2.19. The molecule has 1 aromatic rings. The predicted molar refractivity (Wildman–Crippen MR) is 95.6 cm³/mol. The highest BCUT2D eigenvalue weighted by molar-refractivity contribution is 7.89. The van der Waals surface area contributed by atoms with E-state index in [0.717, 1.165) is 25.3 Å². The molecule has 2 rings (SSSR count). The number of amides is 1. The maximum Gasteiger partial charge on any atom is 0.242 e. The molecular formula is C16H26N4O3S. The molecule has 0 saturated carbocycles. The zero-order chi connectivity index (χ0) is 17.6. The SMILES string of the molecule is CCCCS(=O)(=O)NC(C)C(=O)Nc1ccc(N2CCCC2)nc1. The van der Waals surface area contributed by atoms with Crippen LogP contribution in [-0.2, 0) is 14.8 Å². The van der Waals surface area contributed by atoms with Crippen molar-refractivity contribution in [3.8, 4) is 0 Å². The van der Waals surface area contributed by atoms with Crippen molar-refractivity contribution in [1.82, 2.24) is 9.71 Å². The van der Waals surface area contributed by atoms with Gasteiger partial charge in [0.15, 0.2) is 0 Å². The van der Waals surface area contributed by atoms with E-state index in [4.69, 9.17) is 0 Å². The average molecular weight is 354 g/mol. The summed E-state index contributed by atoms with van der Waals surface area (Å²) in [5, 5.41) is 2.69. The van der Waals surface area contributed by atoms with E-state index in [1.54, 1.807) is 12.3 Å². The quantitative estimate of drug-likeness (QED) is 0.742. The number of aromatic nitrogens is 1. The zero-order valence-corrected chi connectivity index (χ0v) is 15.1. The van der Waals surface area contributed by atoms with Crippen molar-refractivity contribution in [2.75, 3.05) is 29.1 Å². The molecule has 0 bridgehead atoms. The Balaban J connectivity index is 1.89. The van der Waals surface area contributed by atoms with Crippen LogP contribution in [0.4, 0.5) is 11.5 Å². The third kappa shape index (κ3) is 5.45. The molecule has 2 N–H and O–H groups in total. The maximum absolute atomic E-state index is 12.1. The molecule has 1 aliphatic heterocycles. The fourth-order valence-corrected chi connectivity index (χ4v) is 3.99. The van der Waals surface area contributed by atoms with E-state index in [1.165, 1.54) is 19.8 Å². The molecule has 1 saturated heterocycles. The van der Waals surface area contributed by atoms with Crippen LogP contribution >= 0.6 is 0 Å². The van der Waals surface area contributed by atoms with Crippen LogP contribution in [0.5, 0.6) is 0 Å². The molecule has 0 radical (unpaired) electrons. The average Bonchev–Trinajstić information content (AvgIpc) is 3.07. The summed E-state index contributed by atoms with van der Waals surface area (Å²) in [6.07, 6.45) is 5.32. The van der Waals surface area contributed by atoms with Crippen LogP contribution in [0.15, 0.2) is 18.3 Å². The number of sulfonamides is 1. The van der Waals surface area contributed by atoms with Crippen LogP contribution in [0.2, 0.25) is 0 Å². The van der Waals surface area contributed by atoms with E-state index >= 15 is 0 Å². The summed E-state index contributed by atoms with van der Waals surface area (Å²) in [6.45, 7) is 5.47. The van der Waals surface area contributed by atoms with Gasteiger partial charge in [-0.2, -0.15) is 0 Å². The van der Waals surface area contributed by atoms with Gasteiger partial charge in [-0.25, -0.2) is 18.1 Å². The highest BCUT2D eigenvalue weighted by Gasteiger charge is 2.20. The smallest absolute Gasteiger partial charge is 0.242 e. The van der Waals surface area contributed by atoms with E-state index < -0.39 is 22.0 Å². The molecule has 1 fully saturated rings. The van der Waals surface area contributed by atoms with E-state index in [-0.39, 0.29) is 5.75 Å². The van der Waals surface area contributed by atoms with Crippen LogP contribution in [-0.4, -0.2) is 44.2 Å². The second kappa shape index (κ2) is 8.43. The first kappa shape index (κ1) is 18.7. The monoisotopic (exact) mass is 354 g/mol. The van der Waals surface area contributed by atoms with Gasteiger partial charge < -0.3 is 10.2 Å². The Morgan fingerprint density at radius 1 is 1.33 bits per heavy atom. The highest BCUT2D eigenvalue weighted by atomic mass is 32.2. The van der Waals surface area contributed by atoms with E-state index in [2.05, 4.69) is 19.9 Å².